The van der Waals surface area contributed by atoms with Crippen molar-refractivity contribution in [1.29, 1.82) is 0 Å². The standard InChI is InChI=1S/C17H22N2O2/c1-3-16-14(8-10-21-16)17(20)19-15-7-6-13(5-4-9-18)11-12(15)2/h6-7,11,14,16H,3,8-10,18H2,1-2H3,(H,19,20). The average Bonchev–Trinajstić information content (AvgIpc) is 2.96. The second kappa shape index (κ2) is 7.26. The highest BCUT2D eigenvalue weighted by Crippen LogP contribution is 2.25. The van der Waals surface area contributed by atoms with Crippen LogP contribution in [0.3, 0.4) is 0 Å². The van der Waals surface area contributed by atoms with Crippen molar-refractivity contribution in [3.05, 3.63) is 29.3 Å². The number of amides is 1. The fourth-order valence-electron chi connectivity index (χ4n) is 2.61. The first kappa shape index (κ1) is 15.6. The van der Waals surface area contributed by atoms with Crippen LogP contribution in [0.25, 0.3) is 0 Å². The maximum Gasteiger partial charge on any atom is 0.230 e. The lowest BCUT2D eigenvalue weighted by Gasteiger charge is -2.17. The molecule has 1 aliphatic heterocycles. The zero-order valence-electron chi connectivity index (χ0n) is 12.6. The van der Waals surface area contributed by atoms with Crippen LogP contribution >= 0.6 is 0 Å². The Morgan fingerprint density at radius 3 is 3.00 bits per heavy atom. The van der Waals surface area contributed by atoms with E-state index in [4.69, 9.17) is 10.5 Å². The van der Waals surface area contributed by atoms with Crippen molar-refractivity contribution in [2.24, 2.45) is 11.7 Å². The normalized spacial score (nSPS) is 20.7. The van der Waals surface area contributed by atoms with Gasteiger partial charge in [0.15, 0.2) is 0 Å². The number of nitrogens with two attached hydrogens (primary N) is 1. The number of rotatable bonds is 3. The summed E-state index contributed by atoms with van der Waals surface area (Å²) in [7, 11) is 0. The van der Waals surface area contributed by atoms with Gasteiger partial charge >= 0.3 is 0 Å². The van der Waals surface area contributed by atoms with Gasteiger partial charge in [-0.3, -0.25) is 4.79 Å². The molecule has 21 heavy (non-hydrogen) atoms. The Kier molecular flexibility index (Phi) is 5.38. The summed E-state index contributed by atoms with van der Waals surface area (Å²) in [5.74, 6) is 5.81. The molecule has 3 N–H and O–H groups in total. The van der Waals surface area contributed by atoms with Gasteiger partial charge in [0.25, 0.3) is 0 Å². The van der Waals surface area contributed by atoms with Gasteiger partial charge in [0, 0.05) is 17.9 Å². The first-order chi connectivity index (χ1) is 10.2. The van der Waals surface area contributed by atoms with Gasteiger partial charge in [-0.2, -0.15) is 0 Å². The van der Waals surface area contributed by atoms with E-state index in [0.29, 0.717) is 13.2 Å². The second-order valence-corrected chi connectivity index (χ2v) is 5.24. The lowest BCUT2D eigenvalue weighted by atomic mass is 9.98. The van der Waals surface area contributed by atoms with Gasteiger partial charge in [-0.15, -0.1) is 0 Å². The van der Waals surface area contributed by atoms with Crippen molar-refractivity contribution in [3.63, 3.8) is 0 Å². The summed E-state index contributed by atoms with van der Waals surface area (Å²) in [6.45, 7) is 5.03. The molecule has 4 heteroatoms. The van der Waals surface area contributed by atoms with Crippen molar-refractivity contribution < 1.29 is 9.53 Å². The quantitative estimate of drug-likeness (QED) is 0.836. The van der Waals surface area contributed by atoms with E-state index < -0.39 is 0 Å². The molecule has 0 aromatic heterocycles. The molecule has 2 atom stereocenters. The van der Waals surface area contributed by atoms with Crippen LogP contribution in [0.1, 0.15) is 30.9 Å². The fraction of sp³-hybridized carbons (Fsp3) is 0.471. The van der Waals surface area contributed by atoms with Crippen LogP contribution in [-0.2, 0) is 9.53 Å². The van der Waals surface area contributed by atoms with Gasteiger partial charge in [0.05, 0.1) is 18.6 Å². The van der Waals surface area contributed by atoms with Gasteiger partial charge in [0.1, 0.15) is 0 Å². The minimum absolute atomic E-state index is 0.0417. The van der Waals surface area contributed by atoms with Crippen LogP contribution < -0.4 is 11.1 Å². The molecule has 2 unspecified atom stereocenters. The van der Waals surface area contributed by atoms with Crippen LogP contribution in [0.15, 0.2) is 18.2 Å². The van der Waals surface area contributed by atoms with Gasteiger partial charge in [-0.05, 0) is 43.5 Å². The van der Waals surface area contributed by atoms with Crippen LogP contribution in [0.2, 0.25) is 0 Å². The first-order valence-corrected chi connectivity index (χ1v) is 7.37. The average molecular weight is 286 g/mol. The maximum absolute atomic E-state index is 12.4. The van der Waals surface area contributed by atoms with Crippen molar-refractivity contribution in [3.8, 4) is 11.8 Å². The van der Waals surface area contributed by atoms with Crippen LogP contribution in [0.5, 0.6) is 0 Å². The molecule has 0 spiro atoms. The molecule has 1 saturated heterocycles. The topological polar surface area (TPSA) is 64.3 Å². The smallest absolute Gasteiger partial charge is 0.230 e. The summed E-state index contributed by atoms with van der Waals surface area (Å²) in [5.41, 5.74) is 8.11. The lowest BCUT2D eigenvalue weighted by molar-refractivity contribution is -0.121. The summed E-state index contributed by atoms with van der Waals surface area (Å²) in [6.07, 6.45) is 1.70. The predicted octanol–water partition coefficient (Wildman–Crippen LogP) is 2.06. The Hall–Kier alpha value is -1.83. The Labute approximate surface area is 126 Å². The van der Waals surface area contributed by atoms with Gasteiger partial charge in [-0.25, -0.2) is 0 Å². The Balaban J connectivity index is 2.07. The number of ether oxygens (including phenoxy) is 1. The molecule has 0 bridgehead atoms. The van der Waals surface area contributed by atoms with E-state index in [1.807, 2.05) is 32.0 Å². The Morgan fingerprint density at radius 1 is 1.52 bits per heavy atom. The SMILES string of the molecule is CCC1OCCC1C(=O)Nc1ccc(C#CCN)cc1C. The van der Waals surface area contributed by atoms with E-state index in [1.54, 1.807) is 0 Å². The van der Waals surface area contributed by atoms with Crippen molar-refractivity contribution >= 4 is 11.6 Å². The van der Waals surface area contributed by atoms with E-state index >= 15 is 0 Å². The summed E-state index contributed by atoms with van der Waals surface area (Å²) in [5, 5.41) is 3.01. The fourth-order valence-corrected chi connectivity index (χ4v) is 2.61. The number of hydrogen-bond acceptors (Lipinski definition) is 3. The third kappa shape index (κ3) is 3.84. The highest BCUT2D eigenvalue weighted by atomic mass is 16.5. The summed E-state index contributed by atoms with van der Waals surface area (Å²) >= 11 is 0. The summed E-state index contributed by atoms with van der Waals surface area (Å²) in [6, 6.07) is 5.75. The van der Waals surface area contributed by atoms with E-state index in [1.165, 1.54) is 0 Å². The van der Waals surface area contributed by atoms with E-state index in [0.717, 1.165) is 29.7 Å². The van der Waals surface area contributed by atoms with Crippen LogP contribution in [0, 0.1) is 24.7 Å². The minimum Gasteiger partial charge on any atom is -0.377 e. The van der Waals surface area contributed by atoms with Crippen LogP contribution in [0.4, 0.5) is 5.69 Å². The lowest BCUT2D eigenvalue weighted by Crippen LogP contribution is -2.29. The molecule has 1 amide bonds. The number of aryl methyl sites for hydroxylation is 1. The molecule has 1 fully saturated rings. The highest BCUT2D eigenvalue weighted by Gasteiger charge is 2.32. The molecule has 4 nitrogen and oxygen atoms in total. The zero-order chi connectivity index (χ0) is 15.2. The van der Waals surface area contributed by atoms with Crippen molar-refractivity contribution in [2.75, 3.05) is 18.5 Å². The van der Waals surface area contributed by atoms with Gasteiger partial charge < -0.3 is 15.8 Å². The molecule has 1 heterocycles. The monoisotopic (exact) mass is 286 g/mol. The van der Waals surface area contributed by atoms with Gasteiger partial charge in [-0.1, -0.05) is 18.8 Å². The molecule has 0 saturated carbocycles. The van der Waals surface area contributed by atoms with E-state index in [2.05, 4.69) is 17.2 Å². The molecule has 1 aliphatic rings. The van der Waals surface area contributed by atoms with Crippen molar-refractivity contribution in [2.45, 2.75) is 32.8 Å². The second-order valence-electron chi connectivity index (χ2n) is 5.24. The van der Waals surface area contributed by atoms with Crippen LogP contribution in [-0.4, -0.2) is 25.2 Å². The summed E-state index contributed by atoms with van der Waals surface area (Å²) in [4.78, 5) is 12.4. The third-order valence-electron chi connectivity index (χ3n) is 3.77. The zero-order valence-corrected chi connectivity index (χ0v) is 12.6. The molecule has 112 valence electrons. The minimum atomic E-state index is -0.0499. The van der Waals surface area contributed by atoms with E-state index in [-0.39, 0.29) is 17.9 Å². The number of benzene rings is 1. The molecule has 1 aromatic rings. The van der Waals surface area contributed by atoms with E-state index in [9.17, 15) is 4.79 Å². The third-order valence-corrected chi connectivity index (χ3v) is 3.77. The molecule has 0 radical (unpaired) electrons. The molecular formula is C17H22N2O2. The molecule has 0 aliphatic carbocycles. The van der Waals surface area contributed by atoms with Gasteiger partial charge in [0.2, 0.25) is 5.91 Å². The molecule has 2 rings (SSSR count). The largest absolute Gasteiger partial charge is 0.377 e. The number of carbonyl (C=O) groups excluding carboxylic acids is 1. The predicted molar refractivity (Wildman–Crippen MR) is 83.9 cm³/mol. The first-order valence-electron chi connectivity index (χ1n) is 7.37. The Morgan fingerprint density at radius 2 is 2.33 bits per heavy atom. The van der Waals surface area contributed by atoms with Crippen molar-refractivity contribution in [1.82, 2.24) is 0 Å². The summed E-state index contributed by atoms with van der Waals surface area (Å²) < 4.78 is 5.58. The maximum atomic E-state index is 12.4. The molecular weight excluding hydrogens is 264 g/mol. The number of carbonyl (C=O) groups is 1. The number of nitrogens with one attached hydrogen (secondary N) is 1. The number of anilines is 1. The molecule has 1 aromatic carbocycles. The number of hydrogen-bond donors (Lipinski definition) is 2. The Bertz CT molecular complexity index is 572. The highest BCUT2D eigenvalue weighted by molar-refractivity contribution is 5.93.